The zero-order valence-corrected chi connectivity index (χ0v) is 16.9. The van der Waals surface area contributed by atoms with Crippen molar-refractivity contribution in [1.82, 2.24) is 14.1 Å². The van der Waals surface area contributed by atoms with E-state index in [1.54, 1.807) is 36.0 Å². The number of ether oxygens (including phenoxy) is 2. The van der Waals surface area contributed by atoms with Crippen molar-refractivity contribution in [3.05, 3.63) is 47.4 Å². The minimum absolute atomic E-state index is 0.0590. The van der Waals surface area contributed by atoms with Gasteiger partial charge >= 0.3 is 10.2 Å². The largest absolute Gasteiger partial charge is 0.454 e. The number of carbonyl (C=O) groups is 1. The molecule has 11 heteroatoms. The summed E-state index contributed by atoms with van der Waals surface area (Å²) < 4.78 is 42.0. The third-order valence-electron chi connectivity index (χ3n) is 4.58. The minimum Gasteiger partial charge on any atom is -0.454 e. The fourth-order valence-corrected chi connectivity index (χ4v) is 3.90. The smallest absolute Gasteiger partial charge is 0.345 e. The first kappa shape index (κ1) is 19.0. The van der Waals surface area contributed by atoms with Crippen LogP contribution in [0.3, 0.4) is 0 Å². The molecule has 0 radical (unpaired) electrons. The van der Waals surface area contributed by atoms with Crippen LogP contribution in [0.2, 0.25) is 0 Å². The maximum Gasteiger partial charge on any atom is 0.345 e. The van der Waals surface area contributed by atoms with E-state index >= 15 is 0 Å². The fourth-order valence-electron chi connectivity index (χ4n) is 2.99. The third kappa shape index (κ3) is 3.44. The molecule has 2 aromatic rings. The standard InChI is InChI=1S/C18H19N5O5S/c1-4-23-9-13(11(2)20-23)14-8-15(22(3)29(25,26)21-14)18(24)19-12-5-6-16-17(7-12)28-10-27-16/h5-9H,4,10H2,1-3H3,(H,19,24). The number of benzene rings is 1. The summed E-state index contributed by atoms with van der Waals surface area (Å²) >= 11 is 0. The average Bonchev–Trinajstić information content (AvgIpc) is 3.29. The molecule has 0 unspecified atom stereocenters. The molecule has 1 aromatic carbocycles. The van der Waals surface area contributed by atoms with Crippen LogP contribution in [0.5, 0.6) is 11.5 Å². The van der Waals surface area contributed by atoms with Crippen molar-refractivity contribution < 1.29 is 22.7 Å². The van der Waals surface area contributed by atoms with Crippen LogP contribution in [0, 0.1) is 6.92 Å². The van der Waals surface area contributed by atoms with Gasteiger partial charge in [-0.1, -0.05) is 0 Å². The minimum atomic E-state index is -4.06. The summed E-state index contributed by atoms with van der Waals surface area (Å²) in [7, 11) is -2.78. The lowest BCUT2D eigenvalue weighted by molar-refractivity contribution is -0.113. The number of nitrogens with one attached hydrogen (secondary N) is 1. The van der Waals surface area contributed by atoms with Crippen molar-refractivity contribution in [2.45, 2.75) is 20.4 Å². The van der Waals surface area contributed by atoms with Crippen molar-refractivity contribution in [3.63, 3.8) is 0 Å². The number of aryl methyl sites for hydroxylation is 2. The number of rotatable bonds is 4. The molecule has 0 bridgehead atoms. The van der Waals surface area contributed by atoms with Crippen LogP contribution in [0.15, 0.2) is 40.6 Å². The number of nitrogens with zero attached hydrogens (tertiary/aromatic N) is 4. The first-order valence-corrected chi connectivity index (χ1v) is 10.2. The average molecular weight is 417 g/mol. The van der Waals surface area contributed by atoms with Gasteiger partial charge in [-0.2, -0.15) is 13.5 Å². The molecule has 1 amide bonds. The molecular weight excluding hydrogens is 398 g/mol. The first-order chi connectivity index (χ1) is 13.8. The topological polar surface area (TPSA) is 115 Å². The molecule has 0 aliphatic carbocycles. The summed E-state index contributed by atoms with van der Waals surface area (Å²) in [5, 5.41) is 7.00. The molecule has 2 aliphatic heterocycles. The van der Waals surface area contributed by atoms with Crippen LogP contribution >= 0.6 is 0 Å². The molecule has 10 nitrogen and oxygen atoms in total. The van der Waals surface area contributed by atoms with Gasteiger partial charge in [0.25, 0.3) is 5.91 Å². The summed E-state index contributed by atoms with van der Waals surface area (Å²) in [6.45, 7) is 4.42. The molecule has 4 rings (SSSR count). The molecular formula is C18H19N5O5S. The maximum absolute atomic E-state index is 12.9. The maximum atomic E-state index is 12.9. The second-order valence-corrected chi connectivity index (χ2v) is 8.08. The van der Waals surface area contributed by atoms with Crippen LogP contribution in [-0.2, 0) is 21.5 Å². The Balaban J connectivity index is 1.67. The van der Waals surface area contributed by atoms with Crippen molar-refractivity contribution >= 4 is 27.5 Å². The number of likely N-dealkylation sites (N-methyl/N-ethyl adjacent to an activating group) is 1. The summed E-state index contributed by atoms with van der Waals surface area (Å²) in [6, 6.07) is 4.93. The fraction of sp³-hybridized carbons (Fsp3) is 0.278. The molecule has 152 valence electrons. The zero-order chi connectivity index (χ0) is 20.8. The molecule has 0 fully saturated rings. The second kappa shape index (κ2) is 6.92. The molecule has 2 aliphatic rings. The Labute approximate surface area is 167 Å². The van der Waals surface area contributed by atoms with Gasteiger partial charge in [-0.25, -0.2) is 4.31 Å². The van der Waals surface area contributed by atoms with Crippen LogP contribution in [0.25, 0.3) is 0 Å². The number of anilines is 1. The summed E-state index contributed by atoms with van der Waals surface area (Å²) in [5.41, 5.74) is 1.73. The van der Waals surface area contributed by atoms with Gasteiger partial charge in [-0.3, -0.25) is 9.48 Å². The summed E-state index contributed by atoms with van der Waals surface area (Å²) in [4.78, 5) is 12.9. The number of aromatic nitrogens is 2. The third-order valence-corrected chi connectivity index (χ3v) is 5.90. The molecule has 29 heavy (non-hydrogen) atoms. The number of allylic oxidation sites excluding steroid dienone is 1. The lowest BCUT2D eigenvalue weighted by Crippen LogP contribution is -2.35. The number of hydrogen-bond donors (Lipinski definition) is 1. The SMILES string of the molecule is CCn1cc(C2=NS(=O)(=O)N(C)C(C(=O)Nc3ccc4c(c3)OCO4)=C2)c(C)n1. The Morgan fingerprint density at radius 1 is 1.28 bits per heavy atom. The lowest BCUT2D eigenvalue weighted by Gasteiger charge is -2.23. The Morgan fingerprint density at radius 3 is 2.76 bits per heavy atom. The molecule has 0 atom stereocenters. The van der Waals surface area contributed by atoms with E-state index < -0.39 is 16.1 Å². The molecule has 1 N–H and O–H groups in total. The van der Waals surface area contributed by atoms with E-state index in [0.717, 1.165) is 4.31 Å². The van der Waals surface area contributed by atoms with Crippen molar-refractivity contribution in [2.24, 2.45) is 4.40 Å². The van der Waals surface area contributed by atoms with E-state index in [4.69, 9.17) is 9.47 Å². The summed E-state index contributed by atoms with van der Waals surface area (Å²) in [5.74, 6) is 0.492. The highest BCUT2D eigenvalue weighted by molar-refractivity contribution is 7.88. The molecule has 0 spiro atoms. The highest BCUT2D eigenvalue weighted by atomic mass is 32.2. The predicted octanol–water partition coefficient (Wildman–Crippen LogP) is 1.44. The number of carbonyl (C=O) groups excluding carboxylic acids is 1. The Morgan fingerprint density at radius 2 is 2.03 bits per heavy atom. The predicted molar refractivity (Wildman–Crippen MR) is 105 cm³/mol. The van der Waals surface area contributed by atoms with Crippen LogP contribution in [0.4, 0.5) is 5.69 Å². The van der Waals surface area contributed by atoms with Gasteiger partial charge in [0, 0.05) is 37.1 Å². The molecule has 1 aromatic heterocycles. The van der Waals surface area contributed by atoms with Crippen molar-refractivity contribution in [3.8, 4) is 11.5 Å². The molecule has 3 heterocycles. The zero-order valence-electron chi connectivity index (χ0n) is 16.0. The van der Waals surface area contributed by atoms with Gasteiger partial charge in [0.05, 0.1) is 11.4 Å². The van der Waals surface area contributed by atoms with Crippen LogP contribution in [0.1, 0.15) is 18.2 Å². The second-order valence-electron chi connectivity index (χ2n) is 6.46. The van der Waals surface area contributed by atoms with Gasteiger partial charge < -0.3 is 14.8 Å². The van der Waals surface area contributed by atoms with Crippen LogP contribution < -0.4 is 14.8 Å². The first-order valence-electron chi connectivity index (χ1n) is 8.84. The Hall–Kier alpha value is -3.34. The highest BCUT2D eigenvalue weighted by Crippen LogP contribution is 2.34. The van der Waals surface area contributed by atoms with Gasteiger partial charge in [0.2, 0.25) is 6.79 Å². The van der Waals surface area contributed by atoms with Gasteiger partial charge in [0.15, 0.2) is 11.5 Å². The number of hydrogen-bond acceptors (Lipinski definition) is 6. The van der Waals surface area contributed by atoms with E-state index in [1.807, 2.05) is 6.92 Å². The van der Waals surface area contributed by atoms with Crippen LogP contribution in [-0.4, -0.2) is 48.0 Å². The summed E-state index contributed by atoms with van der Waals surface area (Å²) in [6.07, 6.45) is 3.15. The Kier molecular flexibility index (Phi) is 4.53. The normalized spacial score (nSPS) is 17.0. The van der Waals surface area contributed by atoms with Crippen molar-refractivity contribution in [2.75, 3.05) is 19.2 Å². The van der Waals surface area contributed by atoms with E-state index in [1.165, 1.54) is 13.1 Å². The van der Waals surface area contributed by atoms with E-state index in [0.29, 0.717) is 35.0 Å². The highest BCUT2D eigenvalue weighted by Gasteiger charge is 2.31. The van der Waals surface area contributed by atoms with E-state index in [2.05, 4.69) is 14.8 Å². The van der Waals surface area contributed by atoms with E-state index in [9.17, 15) is 13.2 Å². The van der Waals surface area contributed by atoms with Gasteiger partial charge in [-0.05, 0) is 32.1 Å². The van der Waals surface area contributed by atoms with Gasteiger partial charge in [-0.15, -0.1) is 4.40 Å². The monoisotopic (exact) mass is 417 g/mol. The van der Waals surface area contributed by atoms with Gasteiger partial charge in [0.1, 0.15) is 5.70 Å². The molecule has 0 saturated carbocycles. The van der Waals surface area contributed by atoms with Crippen molar-refractivity contribution in [1.29, 1.82) is 0 Å². The lowest BCUT2D eigenvalue weighted by atomic mass is 10.1. The van der Waals surface area contributed by atoms with E-state index in [-0.39, 0.29) is 18.2 Å². The Bertz CT molecular complexity index is 1170. The molecule has 0 saturated heterocycles. The number of amides is 1. The number of fused-ring (bicyclic) bond motifs is 1. The quantitative estimate of drug-likeness (QED) is 0.805.